The molecule has 2 aromatic rings. The molecule has 0 spiro atoms. The zero-order valence-corrected chi connectivity index (χ0v) is 17.6. The summed E-state index contributed by atoms with van der Waals surface area (Å²) in [6.45, 7) is 3.64. The van der Waals surface area contributed by atoms with Crippen LogP contribution >= 0.6 is 11.8 Å². The third-order valence-electron chi connectivity index (χ3n) is 4.39. The number of thioether (sulfide) groups is 1. The van der Waals surface area contributed by atoms with Crippen molar-refractivity contribution in [2.24, 2.45) is 4.99 Å². The minimum absolute atomic E-state index is 0.0581. The van der Waals surface area contributed by atoms with Crippen molar-refractivity contribution in [3.63, 3.8) is 0 Å². The SMILES string of the molecule is CCN1C(=O)/C(=C/c2ccc(OC(C)C(=O)O)cc2)SC1=Nc1ccccc1C(=O)O. The van der Waals surface area contributed by atoms with E-state index in [0.717, 1.165) is 5.56 Å². The van der Waals surface area contributed by atoms with Crippen LogP contribution in [0.3, 0.4) is 0 Å². The second kappa shape index (κ2) is 9.48. The number of carbonyl (C=O) groups excluding carboxylic acids is 1. The van der Waals surface area contributed by atoms with Crippen LogP contribution < -0.4 is 4.74 Å². The van der Waals surface area contributed by atoms with Gasteiger partial charge in [0.05, 0.1) is 16.2 Å². The molecule has 1 heterocycles. The van der Waals surface area contributed by atoms with Crippen molar-refractivity contribution in [1.29, 1.82) is 0 Å². The van der Waals surface area contributed by atoms with Crippen LogP contribution in [0.2, 0.25) is 0 Å². The molecule has 2 aromatic carbocycles. The number of amidine groups is 1. The maximum absolute atomic E-state index is 12.8. The first-order valence-corrected chi connectivity index (χ1v) is 10.2. The lowest BCUT2D eigenvalue weighted by Crippen LogP contribution is -2.28. The summed E-state index contributed by atoms with van der Waals surface area (Å²) in [5.41, 5.74) is 1.07. The number of hydrogen-bond acceptors (Lipinski definition) is 6. The number of ether oxygens (including phenoxy) is 1. The third kappa shape index (κ3) is 5.13. The average molecular weight is 440 g/mol. The number of carboxylic acids is 2. The average Bonchev–Trinajstić information content (AvgIpc) is 3.03. The van der Waals surface area contributed by atoms with Gasteiger partial charge in [-0.15, -0.1) is 0 Å². The van der Waals surface area contributed by atoms with E-state index < -0.39 is 18.0 Å². The molecule has 1 saturated heterocycles. The number of likely N-dealkylation sites (N-methyl/N-ethyl adjacent to an activating group) is 1. The molecular weight excluding hydrogens is 420 g/mol. The Morgan fingerprint density at radius 3 is 2.45 bits per heavy atom. The lowest BCUT2D eigenvalue weighted by molar-refractivity contribution is -0.144. The van der Waals surface area contributed by atoms with Crippen LogP contribution in [0.4, 0.5) is 5.69 Å². The quantitative estimate of drug-likeness (QED) is 0.628. The number of nitrogens with zero attached hydrogens (tertiary/aromatic N) is 2. The van der Waals surface area contributed by atoms with Crippen molar-refractivity contribution in [1.82, 2.24) is 4.90 Å². The molecule has 2 N–H and O–H groups in total. The molecule has 8 nitrogen and oxygen atoms in total. The zero-order valence-electron chi connectivity index (χ0n) is 16.8. The van der Waals surface area contributed by atoms with Crippen LogP contribution in [0.1, 0.15) is 29.8 Å². The molecule has 1 fully saturated rings. The van der Waals surface area contributed by atoms with Gasteiger partial charge >= 0.3 is 11.9 Å². The fraction of sp³-hybridized carbons (Fsp3) is 0.182. The van der Waals surface area contributed by atoms with E-state index >= 15 is 0 Å². The maximum atomic E-state index is 12.8. The Balaban J connectivity index is 1.85. The first-order chi connectivity index (χ1) is 14.8. The molecule has 160 valence electrons. The summed E-state index contributed by atoms with van der Waals surface area (Å²) >= 11 is 1.17. The van der Waals surface area contributed by atoms with Gasteiger partial charge in [0, 0.05) is 6.54 Å². The van der Waals surface area contributed by atoms with E-state index in [1.54, 1.807) is 48.5 Å². The fourth-order valence-electron chi connectivity index (χ4n) is 2.77. The largest absolute Gasteiger partial charge is 0.479 e. The van der Waals surface area contributed by atoms with Gasteiger partial charge in [0.25, 0.3) is 5.91 Å². The van der Waals surface area contributed by atoms with Gasteiger partial charge in [0.15, 0.2) is 11.3 Å². The van der Waals surface area contributed by atoms with Crippen LogP contribution in [-0.2, 0) is 9.59 Å². The number of carbonyl (C=O) groups is 3. The van der Waals surface area contributed by atoms with E-state index in [0.29, 0.717) is 22.4 Å². The number of aliphatic carboxylic acids is 1. The highest BCUT2D eigenvalue weighted by Crippen LogP contribution is 2.34. The number of rotatable bonds is 7. The molecule has 0 aromatic heterocycles. The zero-order chi connectivity index (χ0) is 22.5. The third-order valence-corrected chi connectivity index (χ3v) is 5.40. The van der Waals surface area contributed by atoms with Crippen molar-refractivity contribution in [3.8, 4) is 5.75 Å². The Hall–Kier alpha value is -3.59. The van der Waals surface area contributed by atoms with Crippen molar-refractivity contribution < 1.29 is 29.3 Å². The Kier molecular flexibility index (Phi) is 6.76. The molecular formula is C22H20N2O6S. The van der Waals surface area contributed by atoms with Crippen LogP contribution in [0.5, 0.6) is 5.75 Å². The second-order valence-electron chi connectivity index (χ2n) is 6.54. The topological polar surface area (TPSA) is 117 Å². The number of benzene rings is 2. The number of amides is 1. The summed E-state index contributed by atoms with van der Waals surface area (Å²) in [6.07, 6.45) is 0.729. The fourth-order valence-corrected chi connectivity index (χ4v) is 3.83. The van der Waals surface area contributed by atoms with E-state index in [1.165, 1.54) is 29.7 Å². The summed E-state index contributed by atoms with van der Waals surface area (Å²) in [7, 11) is 0. The normalized spacial score (nSPS) is 17.2. The standard InChI is InChI=1S/C22H20N2O6S/c1-3-24-19(25)18(12-14-8-10-15(11-9-14)30-13(2)20(26)27)31-22(24)23-17-7-5-4-6-16(17)21(28)29/h4-13H,3H2,1-2H3,(H,26,27)(H,28,29)/b18-12-,23-22?. The van der Waals surface area contributed by atoms with Gasteiger partial charge in [-0.1, -0.05) is 24.3 Å². The van der Waals surface area contributed by atoms with Gasteiger partial charge in [-0.3, -0.25) is 9.69 Å². The Bertz CT molecular complexity index is 1080. The second-order valence-corrected chi connectivity index (χ2v) is 7.55. The van der Waals surface area contributed by atoms with Crippen molar-refractivity contribution in [3.05, 3.63) is 64.6 Å². The summed E-state index contributed by atoms with van der Waals surface area (Å²) in [6, 6.07) is 13.1. The van der Waals surface area contributed by atoms with Crippen LogP contribution in [0.15, 0.2) is 58.4 Å². The molecule has 1 amide bonds. The van der Waals surface area contributed by atoms with Gasteiger partial charge in [0.1, 0.15) is 5.75 Å². The van der Waals surface area contributed by atoms with Gasteiger partial charge < -0.3 is 14.9 Å². The Morgan fingerprint density at radius 1 is 1.16 bits per heavy atom. The number of aliphatic imine (C=N–C) groups is 1. The first-order valence-electron chi connectivity index (χ1n) is 9.42. The molecule has 9 heteroatoms. The van der Waals surface area contributed by atoms with Gasteiger partial charge in [-0.25, -0.2) is 14.6 Å². The summed E-state index contributed by atoms with van der Waals surface area (Å²) in [5, 5.41) is 18.7. The van der Waals surface area contributed by atoms with E-state index in [9.17, 15) is 19.5 Å². The monoisotopic (exact) mass is 440 g/mol. The minimum Gasteiger partial charge on any atom is -0.479 e. The molecule has 0 radical (unpaired) electrons. The number of aromatic carboxylic acids is 1. The van der Waals surface area contributed by atoms with E-state index in [-0.39, 0.29) is 17.2 Å². The summed E-state index contributed by atoms with van der Waals surface area (Å²) < 4.78 is 5.30. The highest BCUT2D eigenvalue weighted by molar-refractivity contribution is 8.18. The summed E-state index contributed by atoms with van der Waals surface area (Å²) in [5.74, 6) is -1.97. The smallest absolute Gasteiger partial charge is 0.344 e. The van der Waals surface area contributed by atoms with Crippen LogP contribution in [0.25, 0.3) is 6.08 Å². The summed E-state index contributed by atoms with van der Waals surface area (Å²) in [4.78, 5) is 41.5. The van der Waals surface area contributed by atoms with Crippen molar-refractivity contribution in [2.45, 2.75) is 20.0 Å². The first kappa shape index (κ1) is 22.1. The van der Waals surface area contributed by atoms with Crippen molar-refractivity contribution in [2.75, 3.05) is 6.54 Å². The number of carboxylic acid groups (broad SMARTS) is 2. The molecule has 1 atom stereocenters. The lowest BCUT2D eigenvalue weighted by Gasteiger charge is -2.12. The molecule has 1 aliphatic rings. The number of hydrogen-bond donors (Lipinski definition) is 2. The molecule has 0 bridgehead atoms. The highest BCUT2D eigenvalue weighted by atomic mass is 32.2. The molecule has 1 aliphatic heterocycles. The minimum atomic E-state index is -1.09. The van der Waals surface area contributed by atoms with Gasteiger partial charge in [0.2, 0.25) is 0 Å². The van der Waals surface area contributed by atoms with Gasteiger partial charge in [-0.05, 0) is 61.5 Å². The molecule has 3 rings (SSSR count). The predicted molar refractivity (Wildman–Crippen MR) is 118 cm³/mol. The Morgan fingerprint density at radius 2 is 1.84 bits per heavy atom. The van der Waals surface area contributed by atoms with E-state index in [4.69, 9.17) is 9.84 Å². The molecule has 0 saturated carbocycles. The maximum Gasteiger partial charge on any atom is 0.344 e. The highest BCUT2D eigenvalue weighted by Gasteiger charge is 2.32. The van der Waals surface area contributed by atoms with E-state index in [1.807, 2.05) is 6.92 Å². The van der Waals surface area contributed by atoms with Crippen molar-refractivity contribution >= 4 is 46.5 Å². The molecule has 1 unspecified atom stereocenters. The van der Waals surface area contributed by atoms with E-state index in [2.05, 4.69) is 4.99 Å². The lowest BCUT2D eigenvalue weighted by atomic mass is 10.2. The van der Waals surface area contributed by atoms with Crippen LogP contribution in [0, 0.1) is 0 Å². The molecule has 0 aliphatic carbocycles. The predicted octanol–water partition coefficient (Wildman–Crippen LogP) is 3.86. The number of para-hydroxylation sites is 1. The van der Waals surface area contributed by atoms with Gasteiger partial charge in [-0.2, -0.15) is 0 Å². The molecule has 31 heavy (non-hydrogen) atoms. The Labute approximate surface area is 182 Å². The van der Waals surface area contributed by atoms with Crippen LogP contribution in [-0.4, -0.2) is 50.8 Å².